The van der Waals surface area contributed by atoms with E-state index in [0.29, 0.717) is 17.2 Å². The summed E-state index contributed by atoms with van der Waals surface area (Å²) in [6, 6.07) is 27.2. The first-order valence-corrected chi connectivity index (χ1v) is 13.1. The van der Waals surface area contributed by atoms with E-state index in [1.807, 2.05) is 66.4 Å². The second-order valence-corrected chi connectivity index (χ2v) is 10.1. The van der Waals surface area contributed by atoms with Crippen LogP contribution in [0, 0.1) is 12.8 Å². The van der Waals surface area contributed by atoms with E-state index in [2.05, 4.69) is 23.5 Å². The minimum absolute atomic E-state index is 0.128. The van der Waals surface area contributed by atoms with Crippen LogP contribution in [-0.2, 0) is 17.8 Å². The van der Waals surface area contributed by atoms with Gasteiger partial charge in [0.2, 0.25) is 5.91 Å². The number of benzene rings is 3. The van der Waals surface area contributed by atoms with Crippen LogP contribution < -0.4 is 10.1 Å². The lowest BCUT2D eigenvalue weighted by molar-refractivity contribution is -0.134. The minimum Gasteiger partial charge on any atom is -0.486 e. The predicted octanol–water partition coefficient (Wildman–Crippen LogP) is 6.30. The van der Waals surface area contributed by atoms with E-state index < -0.39 is 0 Å². The zero-order valence-corrected chi connectivity index (χ0v) is 21.4. The zero-order chi connectivity index (χ0) is 26.1. The van der Waals surface area contributed by atoms with Gasteiger partial charge in [-0.1, -0.05) is 54.1 Å². The third-order valence-corrected chi connectivity index (χ3v) is 7.25. The number of nitrogens with zero attached hydrogens (tertiary/aromatic N) is 1. The molecule has 1 atom stereocenters. The second kappa shape index (κ2) is 10.2. The van der Waals surface area contributed by atoms with Gasteiger partial charge < -0.3 is 19.4 Å². The molecule has 1 aliphatic carbocycles. The summed E-state index contributed by atoms with van der Waals surface area (Å²) in [4.78, 5) is 27.8. The van der Waals surface area contributed by atoms with Crippen molar-refractivity contribution in [2.75, 3.05) is 11.9 Å². The predicted molar refractivity (Wildman–Crippen MR) is 145 cm³/mol. The van der Waals surface area contributed by atoms with Gasteiger partial charge in [-0.2, -0.15) is 0 Å². The number of carbonyl (C=O) groups is 2. The summed E-state index contributed by atoms with van der Waals surface area (Å²) >= 11 is 0. The molecule has 2 amide bonds. The molecule has 3 aromatic carbocycles. The van der Waals surface area contributed by atoms with Gasteiger partial charge in [0.25, 0.3) is 5.91 Å². The topological polar surface area (TPSA) is 71.8 Å². The van der Waals surface area contributed by atoms with Gasteiger partial charge in [0.1, 0.15) is 18.1 Å². The van der Waals surface area contributed by atoms with Crippen molar-refractivity contribution in [1.82, 2.24) is 4.90 Å². The number of anilines is 1. The molecule has 38 heavy (non-hydrogen) atoms. The summed E-state index contributed by atoms with van der Waals surface area (Å²) < 4.78 is 11.9. The van der Waals surface area contributed by atoms with Crippen LogP contribution in [-0.4, -0.2) is 23.3 Å². The number of nitrogens with one attached hydrogen (secondary N) is 1. The number of hydrogen-bond acceptors (Lipinski definition) is 4. The fraction of sp³-hybridized carbons (Fsp3) is 0.250. The summed E-state index contributed by atoms with van der Waals surface area (Å²) in [5.41, 5.74) is 5.28. The van der Waals surface area contributed by atoms with Crippen molar-refractivity contribution in [3.8, 4) is 5.75 Å². The summed E-state index contributed by atoms with van der Waals surface area (Å²) in [6.45, 7) is 2.91. The molecule has 1 fully saturated rings. The van der Waals surface area contributed by atoms with E-state index in [1.54, 1.807) is 12.1 Å². The standard InChI is InChI=1S/C32H30N2O4/c1-21-7-12-25(13-8-21)33-31(35)29-16-15-27(38-29)20-37-26-14-11-22-17-18-34(32(36)24-9-10-24)30(28(22)19-26)23-5-3-2-4-6-23/h2-8,11-16,19,24,30H,9-10,17-18,20H2,1H3,(H,33,35)/t30-/m1/s1. The molecule has 1 N–H and O–H groups in total. The molecule has 0 saturated heterocycles. The molecule has 2 aliphatic rings. The molecule has 6 rings (SSSR count). The summed E-state index contributed by atoms with van der Waals surface area (Å²) in [6.07, 6.45) is 2.80. The van der Waals surface area contributed by atoms with E-state index in [-0.39, 0.29) is 36.1 Å². The normalized spacial score (nSPS) is 16.6. The van der Waals surface area contributed by atoms with E-state index in [4.69, 9.17) is 9.15 Å². The lowest BCUT2D eigenvalue weighted by atomic mass is 9.87. The first-order valence-electron chi connectivity index (χ1n) is 13.1. The highest BCUT2D eigenvalue weighted by Gasteiger charge is 2.39. The van der Waals surface area contributed by atoms with E-state index >= 15 is 0 Å². The Bertz CT molecular complexity index is 1450. The molecule has 192 valence electrons. The number of rotatable bonds is 7. The third-order valence-electron chi connectivity index (χ3n) is 7.25. The highest BCUT2D eigenvalue weighted by atomic mass is 16.5. The van der Waals surface area contributed by atoms with Crippen LogP contribution in [0.3, 0.4) is 0 Å². The highest BCUT2D eigenvalue weighted by molar-refractivity contribution is 6.02. The van der Waals surface area contributed by atoms with Gasteiger partial charge in [-0.25, -0.2) is 0 Å². The molecule has 1 saturated carbocycles. The maximum absolute atomic E-state index is 13.2. The smallest absolute Gasteiger partial charge is 0.291 e. The molecule has 0 spiro atoms. The van der Waals surface area contributed by atoms with Crippen molar-refractivity contribution in [2.24, 2.45) is 5.92 Å². The maximum atomic E-state index is 13.2. The number of hydrogen-bond donors (Lipinski definition) is 1. The molecule has 0 unspecified atom stereocenters. The van der Waals surface area contributed by atoms with Crippen molar-refractivity contribution >= 4 is 17.5 Å². The van der Waals surface area contributed by atoms with Gasteiger partial charge in [0, 0.05) is 18.2 Å². The van der Waals surface area contributed by atoms with Crippen LogP contribution in [0.1, 0.15) is 57.5 Å². The van der Waals surface area contributed by atoms with Crippen molar-refractivity contribution < 1.29 is 18.7 Å². The average Bonchev–Trinajstić information content (AvgIpc) is 3.69. The van der Waals surface area contributed by atoms with Crippen LogP contribution in [0.25, 0.3) is 0 Å². The van der Waals surface area contributed by atoms with Gasteiger partial charge in [0.15, 0.2) is 5.76 Å². The molecule has 0 bridgehead atoms. The Morgan fingerprint density at radius 2 is 1.76 bits per heavy atom. The highest BCUT2D eigenvalue weighted by Crippen LogP contribution is 2.41. The maximum Gasteiger partial charge on any atom is 0.291 e. The van der Waals surface area contributed by atoms with E-state index in [9.17, 15) is 9.59 Å². The molecule has 2 heterocycles. The summed E-state index contributed by atoms with van der Waals surface area (Å²) in [7, 11) is 0. The minimum atomic E-state index is -0.306. The fourth-order valence-electron chi connectivity index (χ4n) is 5.04. The Hall–Kier alpha value is -4.32. The number of furan rings is 1. The number of ether oxygens (including phenoxy) is 1. The van der Waals surface area contributed by atoms with Crippen LogP contribution in [0.2, 0.25) is 0 Å². The number of amides is 2. The molecular weight excluding hydrogens is 476 g/mol. The molecular formula is C32H30N2O4. The SMILES string of the molecule is Cc1ccc(NC(=O)c2ccc(COc3ccc4c(c3)[C@@H](c3ccccc3)N(C(=O)C3CC3)CC4)o2)cc1. The lowest BCUT2D eigenvalue weighted by Gasteiger charge is -2.38. The van der Waals surface area contributed by atoms with Crippen LogP contribution in [0.5, 0.6) is 5.75 Å². The van der Waals surface area contributed by atoms with Gasteiger partial charge in [-0.3, -0.25) is 9.59 Å². The summed E-state index contributed by atoms with van der Waals surface area (Å²) in [5.74, 6) is 1.60. The number of carbonyl (C=O) groups excluding carboxylic acids is 2. The number of fused-ring (bicyclic) bond motifs is 1. The molecule has 6 nitrogen and oxygen atoms in total. The Kier molecular flexibility index (Phi) is 6.46. The van der Waals surface area contributed by atoms with E-state index in [0.717, 1.165) is 42.5 Å². The van der Waals surface area contributed by atoms with Crippen LogP contribution >= 0.6 is 0 Å². The Balaban J connectivity index is 1.18. The van der Waals surface area contributed by atoms with Crippen LogP contribution in [0.15, 0.2) is 89.3 Å². The number of aryl methyl sites for hydroxylation is 1. The van der Waals surface area contributed by atoms with Gasteiger partial charge in [0.05, 0.1) is 6.04 Å². The Morgan fingerprint density at radius 1 is 0.974 bits per heavy atom. The van der Waals surface area contributed by atoms with Crippen LogP contribution in [0.4, 0.5) is 5.69 Å². The lowest BCUT2D eigenvalue weighted by Crippen LogP contribution is -2.41. The van der Waals surface area contributed by atoms with Gasteiger partial charge in [-0.05, 0) is 79.3 Å². The Morgan fingerprint density at radius 3 is 2.53 bits per heavy atom. The molecule has 4 aromatic rings. The second-order valence-electron chi connectivity index (χ2n) is 10.1. The van der Waals surface area contributed by atoms with Crippen molar-refractivity contribution in [3.05, 3.63) is 119 Å². The van der Waals surface area contributed by atoms with Crippen molar-refractivity contribution in [2.45, 2.75) is 38.8 Å². The fourth-order valence-corrected chi connectivity index (χ4v) is 5.04. The summed E-state index contributed by atoms with van der Waals surface area (Å²) in [5, 5.41) is 2.85. The monoisotopic (exact) mass is 506 g/mol. The molecule has 1 aliphatic heterocycles. The van der Waals surface area contributed by atoms with Crippen molar-refractivity contribution in [1.29, 1.82) is 0 Å². The molecule has 0 radical (unpaired) electrons. The quantitative estimate of drug-likeness (QED) is 0.319. The first kappa shape index (κ1) is 24.0. The first-order chi connectivity index (χ1) is 18.5. The molecule has 6 heteroatoms. The third kappa shape index (κ3) is 5.07. The average molecular weight is 507 g/mol. The largest absolute Gasteiger partial charge is 0.486 e. The van der Waals surface area contributed by atoms with Gasteiger partial charge in [-0.15, -0.1) is 0 Å². The Labute approximate surface area is 222 Å². The van der Waals surface area contributed by atoms with E-state index in [1.165, 1.54) is 5.56 Å². The van der Waals surface area contributed by atoms with Gasteiger partial charge >= 0.3 is 0 Å². The molecule has 1 aromatic heterocycles. The zero-order valence-electron chi connectivity index (χ0n) is 21.4. The van der Waals surface area contributed by atoms with Crippen molar-refractivity contribution in [3.63, 3.8) is 0 Å².